The molecular formula is C21H18ClFN2O. The molecule has 1 aromatic heterocycles. The molecule has 0 saturated carbocycles. The molecule has 5 heteroatoms. The highest BCUT2D eigenvalue weighted by atomic mass is 35.5. The molecule has 1 aliphatic heterocycles. The van der Waals surface area contributed by atoms with Crippen LogP contribution < -0.4 is 0 Å². The Balaban J connectivity index is 1.78. The number of carbonyl (C=O) groups is 1. The van der Waals surface area contributed by atoms with E-state index >= 15 is 0 Å². The summed E-state index contributed by atoms with van der Waals surface area (Å²) in [7, 11) is 0. The second-order valence-corrected chi connectivity index (χ2v) is 6.98. The summed E-state index contributed by atoms with van der Waals surface area (Å²) < 4.78 is 15.8. The molecule has 1 atom stereocenters. The summed E-state index contributed by atoms with van der Waals surface area (Å²) in [5.41, 5.74) is 2.97. The van der Waals surface area contributed by atoms with E-state index in [1.54, 1.807) is 19.1 Å². The van der Waals surface area contributed by atoms with Crippen LogP contribution in [0.15, 0.2) is 60.8 Å². The minimum Gasteiger partial charge on any atom is -0.348 e. The molecule has 0 radical (unpaired) electrons. The molecule has 132 valence electrons. The van der Waals surface area contributed by atoms with E-state index in [9.17, 15) is 9.18 Å². The molecule has 0 bridgehead atoms. The van der Waals surface area contributed by atoms with Crippen LogP contribution in [0.2, 0.25) is 5.02 Å². The van der Waals surface area contributed by atoms with Gasteiger partial charge in [-0.25, -0.2) is 4.39 Å². The van der Waals surface area contributed by atoms with Gasteiger partial charge in [-0.1, -0.05) is 23.7 Å². The summed E-state index contributed by atoms with van der Waals surface area (Å²) in [6.07, 6.45) is 2.02. The van der Waals surface area contributed by atoms with E-state index in [1.807, 2.05) is 47.5 Å². The van der Waals surface area contributed by atoms with Gasteiger partial charge in [0.15, 0.2) is 0 Å². The second-order valence-electron chi connectivity index (χ2n) is 6.55. The first-order chi connectivity index (χ1) is 12.5. The number of aromatic nitrogens is 1. The van der Waals surface area contributed by atoms with Crippen LogP contribution >= 0.6 is 11.6 Å². The number of benzene rings is 2. The number of fused-ring (bicyclic) bond motifs is 1. The zero-order chi connectivity index (χ0) is 18.3. The smallest absolute Gasteiger partial charge is 0.254 e. The summed E-state index contributed by atoms with van der Waals surface area (Å²) in [6.45, 7) is 2.97. The molecule has 1 amide bonds. The van der Waals surface area contributed by atoms with Crippen molar-refractivity contribution in [3.05, 3.63) is 94.0 Å². The predicted molar refractivity (Wildman–Crippen MR) is 99.9 cm³/mol. The van der Waals surface area contributed by atoms with Crippen molar-refractivity contribution in [3.63, 3.8) is 0 Å². The van der Waals surface area contributed by atoms with Gasteiger partial charge in [-0.3, -0.25) is 4.79 Å². The van der Waals surface area contributed by atoms with Gasteiger partial charge in [0.05, 0.1) is 6.04 Å². The maximum atomic E-state index is 13.6. The molecule has 0 unspecified atom stereocenters. The molecule has 2 heterocycles. The van der Waals surface area contributed by atoms with Crippen molar-refractivity contribution < 1.29 is 9.18 Å². The molecule has 3 nitrogen and oxygen atoms in total. The topological polar surface area (TPSA) is 25.2 Å². The van der Waals surface area contributed by atoms with Crippen molar-refractivity contribution in [1.82, 2.24) is 9.47 Å². The lowest BCUT2D eigenvalue weighted by Crippen LogP contribution is -2.42. The van der Waals surface area contributed by atoms with Gasteiger partial charge < -0.3 is 9.47 Å². The first-order valence-corrected chi connectivity index (χ1v) is 8.90. The fourth-order valence-corrected chi connectivity index (χ4v) is 3.77. The molecule has 4 rings (SSSR count). The van der Waals surface area contributed by atoms with E-state index < -0.39 is 0 Å². The Morgan fingerprint density at radius 3 is 2.73 bits per heavy atom. The monoisotopic (exact) mass is 368 g/mol. The van der Waals surface area contributed by atoms with Crippen molar-refractivity contribution >= 4 is 17.5 Å². The van der Waals surface area contributed by atoms with Crippen LogP contribution in [0.4, 0.5) is 4.39 Å². The van der Waals surface area contributed by atoms with E-state index in [0.717, 1.165) is 17.8 Å². The largest absolute Gasteiger partial charge is 0.348 e. The third-order valence-corrected chi connectivity index (χ3v) is 5.10. The minimum atomic E-state index is -0.305. The first kappa shape index (κ1) is 16.9. The molecule has 1 aliphatic rings. The van der Waals surface area contributed by atoms with Gasteiger partial charge in [0.2, 0.25) is 0 Å². The summed E-state index contributed by atoms with van der Waals surface area (Å²) in [5.74, 6) is -0.411. The number of carbonyl (C=O) groups excluding carboxylic acids is 1. The first-order valence-electron chi connectivity index (χ1n) is 8.52. The van der Waals surface area contributed by atoms with Crippen LogP contribution in [0, 0.1) is 12.7 Å². The molecular weight excluding hydrogens is 351 g/mol. The standard InChI is InChI=1S/C21H18ClFN2O/c1-14-12-16(7-8-18(14)23)21(26)25-11-10-24-9-3-6-19(24)20(25)15-4-2-5-17(22)13-15/h2-9,12-13,20H,10-11H2,1H3/t20-/m0/s1. The Kier molecular flexibility index (Phi) is 4.29. The van der Waals surface area contributed by atoms with Gasteiger partial charge in [-0.05, 0) is 60.5 Å². The molecule has 3 aromatic rings. The van der Waals surface area contributed by atoms with Gasteiger partial charge in [0.1, 0.15) is 5.82 Å². The Bertz CT molecular complexity index is 982. The fourth-order valence-electron chi connectivity index (χ4n) is 3.57. The van der Waals surface area contributed by atoms with Crippen LogP contribution in [0.3, 0.4) is 0 Å². The SMILES string of the molecule is Cc1cc(C(=O)N2CCn3cccc3[C@@H]2c2cccc(Cl)c2)ccc1F. The number of hydrogen-bond acceptors (Lipinski definition) is 1. The fraction of sp³-hybridized carbons (Fsp3) is 0.190. The lowest BCUT2D eigenvalue weighted by molar-refractivity contribution is 0.0664. The lowest BCUT2D eigenvalue weighted by Gasteiger charge is -2.37. The van der Waals surface area contributed by atoms with E-state index in [4.69, 9.17) is 11.6 Å². The van der Waals surface area contributed by atoms with Crippen LogP contribution in [-0.2, 0) is 6.54 Å². The van der Waals surface area contributed by atoms with E-state index in [1.165, 1.54) is 6.07 Å². The van der Waals surface area contributed by atoms with E-state index in [0.29, 0.717) is 22.7 Å². The van der Waals surface area contributed by atoms with Crippen molar-refractivity contribution in [1.29, 1.82) is 0 Å². The maximum Gasteiger partial charge on any atom is 0.254 e. The van der Waals surface area contributed by atoms with Gasteiger partial charge in [-0.2, -0.15) is 0 Å². The van der Waals surface area contributed by atoms with E-state index in [-0.39, 0.29) is 17.8 Å². The number of aryl methyl sites for hydroxylation is 1. The zero-order valence-electron chi connectivity index (χ0n) is 14.3. The molecule has 0 N–H and O–H groups in total. The summed E-state index contributed by atoms with van der Waals surface area (Å²) in [4.78, 5) is 15.1. The van der Waals surface area contributed by atoms with E-state index in [2.05, 4.69) is 4.57 Å². The third kappa shape index (κ3) is 2.90. The number of rotatable bonds is 2. The molecule has 0 fully saturated rings. The Morgan fingerprint density at radius 2 is 1.96 bits per heavy atom. The van der Waals surface area contributed by atoms with Crippen molar-refractivity contribution in [2.24, 2.45) is 0 Å². The number of nitrogens with zero attached hydrogens (tertiary/aromatic N) is 2. The quantitative estimate of drug-likeness (QED) is 0.635. The average Bonchev–Trinajstić information content (AvgIpc) is 3.11. The Morgan fingerprint density at radius 1 is 1.12 bits per heavy atom. The maximum absolute atomic E-state index is 13.6. The highest BCUT2D eigenvalue weighted by Crippen LogP contribution is 2.34. The number of amides is 1. The van der Waals surface area contributed by atoms with Gasteiger partial charge >= 0.3 is 0 Å². The van der Waals surface area contributed by atoms with Gasteiger partial charge in [0, 0.05) is 35.6 Å². The highest BCUT2D eigenvalue weighted by Gasteiger charge is 2.32. The third-order valence-electron chi connectivity index (χ3n) is 4.87. The molecule has 0 saturated heterocycles. The normalized spacial score (nSPS) is 16.4. The van der Waals surface area contributed by atoms with Crippen molar-refractivity contribution in [2.45, 2.75) is 19.5 Å². The van der Waals surface area contributed by atoms with Gasteiger partial charge in [-0.15, -0.1) is 0 Å². The van der Waals surface area contributed by atoms with Crippen LogP contribution in [0.5, 0.6) is 0 Å². The Labute approximate surface area is 156 Å². The van der Waals surface area contributed by atoms with Crippen molar-refractivity contribution in [2.75, 3.05) is 6.54 Å². The predicted octanol–water partition coefficient (Wildman–Crippen LogP) is 4.83. The minimum absolute atomic E-state index is 0.106. The average molecular weight is 369 g/mol. The van der Waals surface area contributed by atoms with Crippen LogP contribution in [0.25, 0.3) is 0 Å². The summed E-state index contributed by atoms with van der Waals surface area (Å²) in [6, 6.07) is 15.9. The van der Waals surface area contributed by atoms with Crippen LogP contribution in [0.1, 0.15) is 33.2 Å². The lowest BCUT2D eigenvalue weighted by atomic mass is 9.98. The Hall–Kier alpha value is -2.59. The number of hydrogen-bond donors (Lipinski definition) is 0. The molecule has 26 heavy (non-hydrogen) atoms. The van der Waals surface area contributed by atoms with Crippen LogP contribution in [-0.4, -0.2) is 21.9 Å². The van der Waals surface area contributed by atoms with Gasteiger partial charge in [0.25, 0.3) is 5.91 Å². The number of halogens is 2. The highest BCUT2D eigenvalue weighted by molar-refractivity contribution is 6.30. The summed E-state index contributed by atoms with van der Waals surface area (Å²) in [5, 5.41) is 0.635. The molecule has 0 spiro atoms. The summed E-state index contributed by atoms with van der Waals surface area (Å²) >= 11 is 6.20. The molecule has 0 aliphatic carbocycles. The zero-order valence-corrected chi connectivity index (χ0v) is 15.1. The van der Waals surface area contributed by atoms with Crippen molar-refractivity contribution in [3.8, 4) is 0 Å². The second kappa shape index (κ2) is 6.61. The molecule has 2 aromatic carbocycles.